The van der Waals surface area contributed by atoms with Crippen molar-refractivity contribution in [1.82, 2.24) is 9.88 Å². The highest BCUT2D eigenvalue weighted by Crippen LogP contribution is 2.24. The van der Waals surface area contributed by atoms with Crippen molar-refractivity contribution in [2.75, 3.05) is 26.3 Å². The van der Waals surface area contributed by atoms with E-state index in [2.05, 4.69) is 4.98 Å². The van der Waals surface area contributed by atoms with Crippen molar-refractivity contribution >= 4 is 5.91 Å². The minimum atomic E-state index is -0.986. The van der Waals surface area contributed by atoms with Gasteiger partial charge in [0.25, 0.3) is 0 Å². The molecular weight excluding hydrogens is 323 g/mol. The molecule has 2 aromatic rings. The van der Waals surface area contributed by atoms with Gasteiger partial charge < -0.3 is 14.7 Å². The van der Waals surface area contributed by atoms with Crippen LogP contribution in [0.1, 0.15) is 11.3 Å². The lowest BCUT2D eigenvalue weighted by Gasteiger charge is -2.42. The SMILES string of the molecule is O=C(Cc1ccccn1)N1CCO[C@@](CO)(Cc2ccccc2F)C1. The Labute approximate surface area is 146 Å². The number of aliphatic hydroxyl groups excluding tert-OH is 1. The Balaban J connectivity index is 1.71. The monoisotopic (exact) mass is 344 g/mol. The van der Waals surface area contributed by atoms with Gasteiger partial charge in [0.15, 0.2) is 0 Å². The number of aliphatic hydroxyl groups is 1. The Morgan fingerprint density at radius 3 is 2.80 bits per heavy atom. The number of rotatable bonds is 5. The van der Waals surface area contributed by atoms with E-state index in [1.165, 1.54) is 6.07 Å². The van der Waals surface area contributed by atoms with Crippen LogP contribution in [0.3, 0.4) is 0 Å². The average molecular weight is 344 g/mol. The number of halogens is 1. The number of ether oxygens (including phenoxy) is 1. The first-order valence-electron chi connectivity index (χ1n) is 8.28. The van der Waals surface area contributed by atoms with Gasteiger partial charge in [-0.15, -0.1) is 0 Å². The molecule has 0 saturated carbocycles. The minimum Gasteiger partial charge on any atom is -0.393 e. The minimum absolute atomic E-state index is 0.0756. The van der Waals surface area contributed by atoms with Crippen LogP contribution in [0, 0.1) is 5.82 Å². The standard InChI is InChI=1S/C19H21FN2O3/c20-17-7-2-1-5-15(17)12-19(14-23)13-22(9-10-25-19)18(24)11-16-6-3-4-8-21-16/h1-8,23H,9-14H2/t19-/m0/s1. The van der Waals surface area contributed by atoms with Gasteiger partial charge in [0.05, 0.1) is 26.2 Å². The average Bonchev–Trinajstić information content (AvgIpc) is 2.65. The number of aromatic nitrogens is 1. The van der Waals surface area contributed by atoms with Crippen LogP contribution in [-0.4, -0.2) is 52.8 Å². The molecular formula is C19H21FN2O3. The fraction of sp³-hybridized carbons (Fsp3) is 0.368. The van der Waals surface area contributed by atoms with Gasteiger partial charge in [0.2, 0.25) is 5.91 Å². The van der Waals surface area contributed by atoms with Crippen molar-refractivity contribution in [2.45, 2.75) is 18.4 Å². The van der Waals surface area contributed by atoms with Crippen LogP contribution in [0.5, 0.6) is 0 Å². The van der Waals surface area contributed by atoms with Gasteiger partial charge >= 0.3 is 0 Å². The van der Waals surface area contributed by atoms with Crippen molar-refractivity contribution in [3.8, 4) is 0 Å². The van der Waals surface area contributed by atoms with Crippen molar-refractivity contribution in [3.63, 3.8) is 0 Å². The molecule has 1 aliphatic heterocycles. The number of benzene rings is 1. The molecule has 1 N–H and O–H groups in total. The van der Waals surface area contributed by atoms with Gasteiger partial charge in [0.1, 0.15) is 11.4 Å². The Bertz CT molecular complexity index is 726. The van der Waals surface area contributed by atoms with E-state index in [1.807, 2.05) is 6.07 Å². The second-order valence-electron chi connectivity index (χ2n) is 6.27. The first-order chi connectivity index (χ1) is 12.1. The maximum atomic E-state index is 14.0. The molecule has 0 radical (unpaired) electrons. The number of carbonyl (C=O) groups excluding carboxylic acids is 1. The lowest BCUT2D eigenvalue weighted by Crippen LogP contribution is -2.57. The van der Waals surface area contributed by atoms with Crippen LogP contribution in [0.2, 0.25) is 0 Å². The van der Waals surface area contributed by atoms with E-state index in [0.29, 0.717) is 24.4 Å². The number of hydrogen-bond donors (Lipinski definition) is 1. The van der Waals surface area contributed by atoms with E-state index in [4.69, 9.17) is 4.74 Å². The number of carbonyl (C=O) groups is 1. The maximum absolute atomic E-state index is 14.0. The molecule has 2 heterocycles. The molecule has 0 spiro atoms. The zero-order valence-electron chi connectivity index (χ0n) is 13.9. The highest BCUT2D eigenvalue weighted by Gasteiger charge is 2.38. The van der Waals surface area contributed by atoms with E-state index in [0.717, 1.165) is 0 Å². The van der Waals surface area contributed by atoms with Gasteiger partial charge in [0, 0.05) is 24.9 Å². The van der Waals surface area contributed by atoms with E-state index in [-0.39, 0.29) is 37.7 Å². The van der Waals surface area contributed by atoms with E-state index < -0.39 is 5.60 Å². The summed E-state index contributed by atoms with van der Waals surface area (Å²) in [6.45, 7) is 0.700. The molecule has 1 amide bonds. The molecule has 1 fully saturated rings. The summed E-state index contributed by atoms with van der Waals surface area (Å²) in [5, 5.41) is 9.89. The lowest BCUT2D eigenvalue weighted by atomic mass is 9.92. The quantitative estimate of drug-likeness (QED) is 0.895. The molecule has 1 aliphatic rings. The van der Waals surface area contributed by atoms with Gasteiger partial charge in [-0.3, -0.25) is 9.78 Å². The molecule has 1 atom stereocenters. The van der Waals surface area contributed by atoms with Crippen LogP contribution >= 0.6 is 0 Å². The Hall–Kier alpha value is -2.31. The number of morpholine rings is 1. The predicted molar refractivity (Wildman–Crippen MR) is 90.4 cm³/mol. The third-order valence-corrected chi connectivity index (χ3v) is 4.42. The number of nitrogens with zero attached hydrogens (tertiary/aromatic N) is 2. The fourth-order valence-electron chi connectivity index (χ4n) is 3.07. The summed E-state index contributed by atoms with van der Waals surface area (Å²) in [6.07, 6.45) is 2.06. The lowest BCUT2D eigenvalue weighted by molar-refractivity contribution is -0.157. The first kappa shape index (κ1) is 17.5. The smallest absolute Gasteiger partial charge is 0.228 e. The Morgan fingerprint density at radius 2 is 2.08 bits per heavy atom. The van der Waals surface area contributed by atoms with Crippen LogP contribution in [-0.2, 0) is 22.4 Å². The predicted octanol–water partition coefficient (Wildman–Crippen LogP) is 1.60. The van der Waals surface area contributed by atoms with Crippen LogP contribution < -0.4 is 0 Å². The fourth-order valence-corrected chi connectivity index (χ4v) is 3.07. The van der Waals surface area contributed by atoms with Gasteiger partial charge in [-0.2, -0.15) is 0 Å². The van der Waals surface area contributed by atoms with Crippen LogP contribution in [0.15, 0.2) is 48.7 Å². The van der Waals surface area contributed by atoms with E-state index in [9.17, 15) is 14.3 Å². The van der Waals surface area contributed by atoms with Crippen LogP contribution in [0.4, 0.5) is 4.39 Å². The molecule has 1 aromatic carbocycles. The highest BCUT2D eigenvalue weighted by atomic mass is 19.1. The van der Waals surface area contributed by atoms with Crippen LogP contribution in [0.25, 0.3) is 0 Å². The largest absolute Gasteiger partial charge is 0.393 e. The zero-order valence-corrected chi connectivity index (χ0v) is 13.9. The summed E-state index contributed by atoms with van der Waals surface area (Å²) in [6, 6.07) is 11.9. The van der Waals surface area contributed by atoms with Crippen molar-refractivity contribution in [2.24, 2.45) is 0 Å². The molecule has 0 unspecified atom stereocenters. The summed E-state index contributed by atoms with van der Waals surface area (Å²) in [5.74, 6) is -0.413. The van der Waals surface area contributed by atoms with E-state index in [1.54, 1.807) is 41.4 Å². The molecule has 1 saturated heterocycles. The number of amides is 1. The first-order valence-corrected chi connectivity index (χ1v) is 8.28. The van der Waals surface area contributed by atoms with Crippen molar-refractivity contribution < 1.29 is 19.0 Å². The summed E-state index contributed by atoms with van der Waals surface area (Å²) in [7, 11) is 0. The molecule has 1 aromatic heterocycles. The normalized spacial score (nSPS) is 20.5. The number of hydrogen-bond acceptors (Lipinski definition) is 4. The van der Waals surface area contributed by atoms with Crippen molar-refractivity contribution in [1.29, 1.82) is 0 Å². The summed E-state index contributed by atoms with van der Waals surface area (Å²) < 4.78 is 19.7. The maximum Gasteiger partial charge on any atom is 0.228 e. The zero-order chi connectivity index (χ0) is 17.7. The van der Waals surface area contributed by atoms with Crippen molar-refractivity contribution in [3.05, 3.63) is 65.7 Å². The Morgan fingerprint density at radius 1 is 1.28 bits per heavy atom. The second-order valence-corrected chi connectivity index (χ2v) is 6.27. The molecule has 3 rings (SSSR count). The second kappa shape index (κ2) is 7.72. The molecule has 6 heteroatoms. The van der Waals surface area contributed by atoms with Gasteiger partial charge in [-0.25, -0.2) is 4.39 Å². The molecule has 132 valence electrons. The summed E-state index contributed by atoms with van der Waals surface area (Å²) in [4.78, 5) is 18.4. The van der Waals surface area contributed by atoms with E-state index >= 15 is 0 Å². The molecule has 5 nitrogen and oxygen atoms in total. The third kappa shape index (κ3) is 4.21. The Kier molecular flexibility index (Phi) is 5.40. The summed E-state index contributed by atoms with van der Waals surface area (Å²) in [5.41, 5.74) is 0.179. The third-order valence-electron chi connectivity index (χ3n) is 4.42. The topological polar surface area (TPSA) is 62.7 Å². The van der Waals surface area contributed by atoms with Gasteiger partial charge in [-0.1, -0.05) is 24.3 Å². The molecule has 0 bridgehead atoms. The van der Waals surface area contributed by atoms with Gasteiger partial charge in [-0.05, 0) is 23.8 Å². The highest BCUT2D eigenvalue weighted by molar-refractivity contribution is 5.78. The molecule has 25 heavy (non-hydrogen) atoms. The number of pyridine rings is 1. The summed E-state index contributed by atoms with van der Waals surface area (Å²) >= 11 is 0. The molecule has 0 aliphatic carbocycles.